The highest BCUT2D eigenvalue weighted by Gasteiger charge is 2.70. The van der Waals surface area contributed by atoms with Gasteiger partial charge in [0.2, 0.25) is 4.75 Å². The van der Waals surface area contributed by atoms with Crippen LogP contribution < -0.4 is 0 Å². The zero-order valence-corrected chi connectivity index (χ0v) is 10.8. The van der Waals surface area contributed by atoms with Crippen molar-refractivity contribution in [2.24, 2.45) is 5.92 Å². The molecule has 0 bridgehead atoms. The van der Waals surface area contributed by atoms with Crippen LogP contribution in [0, 0.1) is 5.92 Å². The minimum absolute atomic E-state index is 0.199. The fraction of sp³-hybridized carbons (Fsp3) is 0.727. The van der Waals surface area contributed by atoms with Gasteiger partial charge in [0, 0.05) is 11.7 Å². The number of Topliss-reactive ketones (excluding diaryl/α,β-unsaturated/α-hetero) is 1. The average Bonchev–Trinajstić information content (AvgIpc) is 2.22. The maximum atomic E-state index is 12.9. The summed E-state index contributed by atoms with van der Waals surface area (Å²) in [7, 11) is 0. The lowest BCUT2D eigenvalue weighted by molar-refractivity contribution is -0.266. The van der Waals surface area contributed by atoms with Gasteiger partial charge in [0.05, 0.1) is 0 Å². The van der Waals surface area contributed by atoms with E-state index in [0.29, 0.717) is 0 Å². The van der Waals surface area contributed by atoms with Crippen LogP contribution >= 0.6 is 11.8 Å². The molecule has 1 atom stereocenters. The molecule has 1 rings (SSSR count). The Kier molecular flexibility index (Phi) is 4.34. The van der Waals surface area contributed by atoms with Crippen LogP contribution in [0.5, 0.6) is 0 Å². The first-order chi connectivity index (χ1) is 8.42. The molecular formula is C11H12F6OS. The van der Waals surface area contributed by atoms with Crippen LogP contribution in [0.2, 0.25) is 0 Å². The van der Waals surface area contributed by atoms with E-state index < -0.39 is 47.4 Å². The highest BCUT2D eigenvalue weighted by molar-refractivity contribution is 8.01. The quantitative estimate of drug-likeness (QED) is 0.494. The number of ketones is 1. The van der Waals surface area contributed by atoms with Gasteiger partial charge in [0.1, 0.15) is 0 Å². The van der Waals surface area contributed by atoms with Crippen molar-refractivity contribution in [3.8, 4) is 0 Å². The molecular weight excluding hydrogens is 294 g/mol. The van der Waals surface area contributed by atoms with Crippen LogP contribution in [0.25, 0.3) is 0 Å². The molecule has 1 unspecified atom stereocenters. The number of halogens is 6. The van der Waals surface area contributed by atoms with Crippen molar-refractivity contribution in [3.05, 3.63) is 12.2 Å². The van der Waals surface area contributed by atoms with Gasteiger partial charge >= 0.3 is 12.4 Å². The Labute approximate surface area is 110 Å². The van der Waals surface area contributed by atoms with Gasteiger partial charge in [-0.05, 0) is 18.4 Å². The van der Waals surface area contributed by atoms with E-state index in [1.807, 2.05) is 0 Å². The smallest absolute Gasteiger partial charge is 0.294 e. The topological polar surface area (TPSA) is 17.1 Å². The number of hydrogen-bond acceptors (Lipinski definition) is 2. The van der Waals surface area contributed by atoms with Crippen LogP contribution in [0.15, 0.2) is 12.2 Å². The summed E-state index contributed by atoms with van der Waals surface area (Å²) >= 11 is -0.298. The molecule has 1 aliphatic heterocycles. The molecule has 0 radical (unpaired) electrons. The summed E-state index contributed by atoms with van der Waals surface area (Å²) in [5, 5.41) is 0. The predicted octanol–water partition coefficient (Wildman–Crippen LogP) is 4.14. The lowest BCUT2D eigenvalue weighted by atomic mass is 9.90. The van der Waals surface area contributed by atoms with Crippen LogP contribution in [-0.2, 0) is 4.79 Å². The molecule has 0 amide bonds. The third kappa shape index (κ3) is 2.93. The summed E-state index contributed by atoms with van der Waals surface area (Å²) in [4.78, 5) is 11.5. The van der Waals surface area contributed by atoms with E-state index in [9.17, 15) is 31.1 Å². The molecule has 0 saturated carbocycles. The Balaban J connectivity index is 3.20. The molecule has 8 heteroatoms. The lowest BCUT2D eigenvalue weighted by Crippen LogP contribution is -2.55. The van der Waals surface area contributed by atoms with Crippen LogP contribution in [0.3, 0.4) is 0 Å². The lowest BCUT2D eigenvalue weighted by Gasteiger charge is -2.38. The zero-order valence-electron chi connectivity index (χ0n) is 9.99. The Morgan fingerprint density at radius 1 is 1.21 bits per heavy atom. The van der Waals surface area contributed by atoms with E-state index >= 15 is 0 Å². The average molecular weight is 306 g/mol. The van der Waals surface area contributed by atoms with E-state index in [0.717, 1.165) is 0 Å². The van der Waals surface area contributed by atoms with Crippen molar-refractivity contribution in [1.29, 1.82) is 0 Å². The standard InChI is InChI=1S/C11H12F6OS/c1-6-3-4-9(10(12,13)14,11(15,16)17)19-5-7(2)8(6)18/h6H,2-5H2,1H3. The molecule has 1 nitrogen and oxygen atoms in total. The summed E-state index contributed by atoms with van der Waals surface area (Å²) in [6, 6.07) is 0. The first-order valence-electron chi connectivity index (χ1n) is 5.42. The normalized spacial score (nSPS) is 25.9. The van der Waals surface area contributed by atoms with E-state index in [1.54, 1.807) is 0 Å². The summed E-state index contributed by atoms with van der Waals surface area (Å²) < 4.78 is 73.6. The number of carbonyl (C=O) groups is 1. The molecule has 1 heterocycles. The third-order valence-corrected chi connectivity index (χ3v) is 4.79. The Bertz CT molecular complexity index is 370. The van der Waals surface area contributed by atoms with E-state index in [-0.39, 0.29) is 17.3 Å². The minimum Gasteiger partial charge on any atom is -0.294 e. The first-order valence-corrected chi connectivity index (χ1v) is 6.40. The molecule has 0 aromatic carbocycles. The number of thioether (sulfide) groups is 1. The molecule has 1 aliphatic rings. The fourth-order valence-corrected chi connectivity index (χ4v) is 3.01. The fourth-order valence-electron chi connectivity index (χ4n) is 1.86. The summed E-state index contributed by atoms with van der Waals surface area (Å²) in [5.41, 5.74) is -0.199. The molecule has 0 aliphatic carbocycles. The summed E-state index contributed by atoms with van der Waals surface area (Å²) in [6.07, 6.45) is -12.5. The van der Waals surface area contributed by atoms with Gasteiger partial charge < -0.3 is 0 Å². The van der Waals surface area contributed by atoms with Crippen LogP contribution in [0.4, 0.5) is 26.3 Å². The Morgan fingerprint density at radius 2 is 1.68 bits per heavy atom. The van der Waals surface area contributed by atoms with Gasteiger partial charge in [-0.25, -0.2) is 0 Å². The Hall–Kier alpha value is -0.660. The van der Waals surface area contributed by atoms with Crippen molar-refractivity contribution >= 4 is 17.5 Å². The van der Waals surface area contributed by atoms with Crippen molar-refractivity contribution < 1.29 is 31.1 Å². The molecule has 0 N–H and O–H groups in total. The number of rotatable bonds is 0. The van der Waals surface area contributed by atoms with Crippen molar-refractivity contribution in [1.82, 2.24) is 0 Å². The van der Waals surface area contributed by atoms with E-state index in [4.69, 9.17) is 0 Å². The van der Waals surface area contributed by atoms with Crippen molar-refractivity contribution in [2.45, 2.75) is 36.9 Å². The molecule has 1 saturated heterocycles. The molecule has 19 heavy (non-hydrogen) atoms. The molecule has 110 valence electrons. The van der Waals surface area contributed by atoms with Gasteiger partial charge in [-0.3, -0.25) is 4.79 Å². The molecule has 1 fully saturated rings. The predicted molar refractivity (Wildman–Crippen MR) is 59.8 cm³/mol. The maximum absolute atomic E-state index is 12.9. The maximum Gasteiger partial charge on any atom is 0.412 e. The summed E-state index contributed by atoms with van der Waals surface area (Å²) in [5.74, 6) is -2.01. The second-order valence-electron chi connectivity index (χ2n) is 4.52. The van der Waals surface area contributed by atoms with Gasteiger partial charge in [-0.15, -0.1) is 11.8 Å². The highest BCUT2D eigenvalue weighted by Crippen LogP contribution is 2.56. The van der Waals surface area contributed by atoms with Crippen molar-refractivity contribution in [2.75, 3.05) is 5.75 Å². The number of alkyl halides is 6. The van der Waals surface area contributed by atoms with Gasteiger partial charge in [0.25, 0.3) is 0 Å². The third-order valence-electron chi connectivity index (χ3n) is 3.13. The number of hydrogen-bond donors (Lipinski definition) is 0. The second-order valence-corrected chi connectivity index (χ2v) is 5.79. The molecule has 0 aromatic heterocycles. The van der Waals surface area contributed by atoms with Gasteiger partial charge in [-0.2, -0.15) is 26.3 Å². The number of carbonyl (C=O) groups excluding carboxylic acids is 1. The molecule has 0 spiro atoms. The SMILES string of the molecule is C=C1CSC(C(F)(F)F)(C(F)(F)F)CCC(C)C1=O. The van der Waals surface area contributed by atoms with Crippen LogP contribution in [-0.4, -0.2) is 28.6 Å². The highest BCUT2D eigenvalue weighted by atomic mass is 32.2. The van der Waals surface area contributed by atoms with Crippen LogP contribution in [0.1, 0.15) is 19.8 Å². The second kappa shape index (κ2) is 5.03. The first kappa shape index (κ1) is 16.4. The van der Waals surface area contributed by atoms with E-state index in [1.165, 1.54) is 6.92 Å². The Morgan fingerprint density at radius 3 is 2.11 bits per heavy atom. The van der Waals surface area contributed by atoms with Gasteiger partial charge in [0.15, 0.2) is 5.78 Å². The van der Waals surface area contributed by atoms with Crippen molar-refractivity contribution in [3.63, 3.8) is 0 Å². The molecule has 0 aromatic rings. The minimum atomic E-state index is -5.42. The monoisotopic (exact) mass is 306 g/mol. The summed E-state index contributed by atoms with van der Waals surface area (Å²) in [6.45, 7) is 4.59. The zero-order chi connectivity index (χ0) is 15.1. The largest absolute Gasteiger partial charge is 0.412 e. The van der Waals surface area contributed by atoms with E-state index in [2.05, 4.69) is 6.58 Å². The van der Waals surface area contributed by atoms with Gasteiger partial charge in [-0.1, -0.05) is 13.5 Å².